The Kier molecular flexibility index (Phi) is 4.43. The molecule has 1 N–H and O–H groups in total. The SMILES string of the molecule is S=C(Nc1ccc(Br)cc1)N1CCn2cccc2[C@H]1c1cccs1. The zero-order chi connectivity index (χ0) is 16.5. The van der Waals surface area contributed by atoms with Gasteiger partial charge in [0.15, 0.2) is 5.11 Å². The number of rotatable bonds is 2. The largest absolute Gasteiger partial charge is 0.347 e. The molecule has 0 spiro atoms. The Labute approximate surface area is 159 Å². The number of aromatic nitrogens is 1. The van der Waals surface area contributed by atoms with E-state index in [9.17, 15) is 0 Å². The van der Waals surface area contributed by atoms with Gasteiger partial charge in [0.2, 0.25) is 0 Å². The van der Waals surface area contributed by atoms with Crippen molar-refractivity contribution in [3.8, 4) is 0 Å². The van der Waals surface area contributed by atoms with E-state index in [0.717, 1.165) is 28.4 Å². The van der Waals surface area contributed by atoms with Gasteiger partial charge in [-0.3, -0.25) is 0 Å². The molecular formula is C18H16BrN3S2. The minimum Gasteiger partial charge on any atom is -0.347 e. The molecule has 1 aliphatic heterocycles. The normalized spacial score (nSPS) is 16.7. The Morgan fingerprint density at radius 1 is 1.12 bits per heavy atom. The highest BCUT2D eigenvalue weighted by Crippen LogP contribution is 2.35. The summed E-state index contributed by atoms with van der Waals surface area (Å²) in [4.78, 5) is 3.60. The highest BCUT2D eigenvalue weighted by atomic mass is 79.9. The van der Waals surface area contributed by atoms with Crippen molar-refractivity contribution in [2.75, 3.05) is 11.9 Å². The van der Waals surface area contributed by atoms with Crippen LogP contribution in [0.15, 0.2) is 64.6 Å². The van der Waals surface area contributed by atoms with E-state index in [0.29, 0.717) is 0 Å². The van der Waals surface area contributed by atoms with Gasteiger partial charge in [-0.25, -0.2) is 0 Å². The van der Waals surface area contributed by atoms with Crippen LogP contribution < -0.4 is 5.32 Å². The maximum absolute atomic E-state index is 5.74. The van der Waals surface area contributed by atoms with Crippen molar-refractivity contribution >= 4 is 50.3 Å². The number of fused-ring (bicyclic) bond motifs is 1. The number of halogens is 1. The van der Waals surface area contributed by atoms with E-state index in [1.165, 1.54) is 10.6 Å². The number of nitrogens with zero attached hydrogens (tertiary/aromatic N) is 2. The van der Waals surface area contributed by atoms with Crippen LogP contribution in [-0.2, 0) is 6.54 Å². The summed E-state index contributed by atoms with van der Waals surface area (Å²) < 4.78 is 3.38. The van der Waals surface area contributed by atoms with E-state index in [1.54, 1.807) is 11.3 Å². The fourth-order valence-corrected chi connectivity index (χ4v) is 4.50. The van der Waals surface area contributed by atoms with Gasteiger partial charge < -0.3 is 14.8 Å². The minimum absolute atomic E-state index is 0.171. The van der Waals surface area contributed by atoms with E-state index >= 15 is 0 Å². The highest BCUT2D eigenvalue weighted by Gasteiger charge is 2.31. The zero-order valence-electron chi connectivity index (χ0n) is 12.9. The van der Waals surface area contributed by atoms with Gasteiger partial charge >= 0.3 is 0 Å². The molecule has 4 rings (SSSR count). The molecule has 122 valence electrons. The van der Waals surface area contributed by atoms with Crippen LogP contribution in [0.3, 0.4) is 0 Å². The van der Waals surface area contributed by atoms with Crippen LogP contribution in [0.4, 0.5) is 5.69 Å². The van der Waals surface area contributed by atoms with Crippen LogP contribution in [0.2, 0.25) is 0 Å². The number of anilines is 1. The van der Waals surface area contributed by atoms with E-state index < -0.39 is 0 Å². The number of hydrogen-bond acceptors (Lipinski definition) is 2. The van der Waals surface area contributed by atoms with Crippen molar-refractivity contribution in [3.63, 3.8) is 0 Å². The molecule has 3 heterocycles. The first-order valence-electron chi connectivity index (χ1n) is 7.74. The van der Waals surface area contributed by atoms with Crippen LogP contribution in [0.1, 0.15) is 16.6 Å². The quantitative estimate of drug-likeness (QED) is 0.584. The molecule has 0 radical (unpaired) electrons. The van der Waals surface area contributed by atoms with Crippen LogP contribution in [0.5, 0.6) is 0 Å². The Hall–Kier alpha value is -1.63. The topological polar surface area (TPSA) is 20.2 Å². The summed E-state index contributed by atoms with van der Waals surface area (Å²) in [5.41, 5.74) is 2.30. The van der Waals surface area contributed by atoms with Crippen molar-refractivity contribution in [1.29, 1.82) is 0 Å². The molecule has 3 aromatic rings. The van der Waals surface area contributed by atoms with Gasteiger partial charge in [0.25, 0.3) is 0 Å². The van der Waals surface area contributed by atoms with Crippen LogP contribution >= 0.6 is 39.5 Å². The second-order valence-electron chi connectivity index (χ2n) is 5.67. The molecule has 6 heteroatoms. The summed E-state index contributed by atoms with van der Waals surface area (Å²) in [6.45, 7) is 1.85. The summed E-state index contributed by atoms with van der Waals surface area (Å²) in [7, 11) is 0. The van der Waals surface area contributed by atoms with Crippen molar-refractivity contribution in [1.82, 2.24) is 9.47 Å². The Balaban J connectivity index is 1.63. The van der Waals surface area contributed by atoms with Crippen molar-refractivity contribution < 1.29 is 0 Å². The maximum atomic E-state index is 5.74. The third-order valence-corrected chi connectivity index (χ3v) is 6.00. The van der Waals surface area contributed by atoms with E-state index in [2.05, 4.69) is 66.6 Å². The number of nitrogens with one attached hydrogen (secondary N) is 1. The van der Waals surface area contributed by atoms with Crippen LogP contribution in [-0.4, -0.2) is 21.1 Å². The molecule has 0 aliphatic carbocycles. The lowest BCUT2D eigenvalue weighted by Gasteiger charge is -2.38. The Morgan fingerprint density at radius 3 is 2.71 bits per heavy atom. The third kappa shape index (κ3) is 3.01. The first kappa shape index (κ1) is 15.9. The summed E-state index contributed by atoms with van der Waals surface area (Å²) >= 11 is 11.0. The van der Waals surface area contributed by atoms with Crippen molar-refractivity contribution in [2.24, 2.45) is 0 Å². The molecule has 0 bridgehead atoms. The molecule has 0 amide bonds. The zero-order valence-corrected chi connectivity index (χ0v) is 16.1. The van der Waals surface area contributed by atoms with Gasteiger partial charge in [0.1, 0.15) is 6.04 Å². The smallest absolute Gasteiger partial charge is 0.174 e. The fourth-order valence-electron chi connectivity index (χ4n) is 3.08. The average Bonchev–Trinajstić information content (AvgIpc) is 3.27. The standard InChI is InChI=1S/C18H16BrN3S2/c19-13-5-7-14(8-6-13)20-18(23)22-11-10-21-9-1-3-15(21)17(22)16-4-2-12-24-16/h1-9,12,17H,10-11H2,(H,20,23)/t17-/m0/s1. The second kappa shape index (κ2) is 6.70. The average molecular weight is 418 g/mol. The van der Waals surface area contributed by atoms with Gasteiger partial charge in [0, 0.05) is 40.0 Å². The van der Waals surface area contributed by atoms with E-state index in [-0.39, 0.29) is 6.04 Å². The maximum Gasteiger partial charge on any atom is 0.174 e. The molecule has 24 heavy (non-hydrogen) atoms. The molecule has 1 aromatic carbocycles. The fraction of sp³-hybridized carbons (Fsp3) is 0.167. The molecule has 0 fully saturated rings. The second-order valence-corrected chi connectivity index (χ2v) is 7.96. The molecule has 0 unspecified atom stereocenters. The monoisotopic (exact) mass is 417 g/mol. The number of benzene rings is 1. The highest BCUT2D eigenvalue weighted by molar-refractivity contribution is 9.10. The van der Waals surface area contributed by atoms with Gasteiger partial charge in [-0.05, 0) is 60.1 Å². The minimum atomic E-state index is 0.171. The Bertz CT molecular complexity index is 840. The number of hydrogen-bond donors (Lipinski definition) is 1. The first-order chi connectivity index (χ1) is 11.7. The van der Waals surface area contributed by atoms with Gasteiger partial charge in [-0.15, -0.1) is 11.3 Å². The molecular weight excluding hydrogens is 402 g/mol. The number of thiocarbonyl (C=S) groups is 1. The Morgan fingerprint density at radius 2 is 1.96 bits per heavy atom. The molecule has 0 saturated heterocycles. The third-order valence-electron chi connectivity index (χ3n) is 4.21. The lowest BCUT2D eigenvalue weighted by atomic mass is 10.1. The molecule has 3 nitrogen and oxygen atoms in total. The lowest BCUT2D eigenvalue weighted by Crippen LogP contribution is -2.44. The summed E-state index contributed by atoms with van der Waals surface area (Å²) in [6, 6.07) is 16.9. The molecule has 2 aromatic heterocycles. The predicted octanol–water partition coefficient (Wildman–Crippen LogP) is 5.11. The lowest BCUT2D eigenvalue weighted by molar-refractivity contribution is 0.297. The summed E-state index contributed by atoms with van der Waals surface area (Å²) in [6.07, 6.45) is 2.15. The summed E-state index contributed by atoms with van der Waals surface area (Å²) in [5.74, 6) is 0. The van der Waals surface area contributed by atoms with Gasteiger partial charge in [-0.2, -0.15) is 0 Å². The van der Waals surface area contributed by atoms with E-state index in [4.69, 9.17) is 12.2 Å². The van der Waals surface area contributed by atoms with Gasteiger partial charge in [0.05, 0.1) is 0 Å². The first-order valence-corrected chi connectivity index (χ1v) is 9.82. The van der Waals surface area contributed by atoms with Crippen LogP contribution in [0, 0.1) is 0 Å². The van der Waals surface area contributed by atoms with Crippen LogP contribution in [0.25, 0.3) is 0 Å². The van der Waals surface area contributed by atoms with Gasteiger partial charge in [-0.1, -0.05) is 22.0 Å². The van der Waals surface area contributed by atoms with Crippen molar-refractivity contribution in [3.05, 3.63) is 75.2 Å². The number of thiophene rings is 1. The van der Waals surface area contributed by atoms with E-state index in [1.807, 2.05) is 24.3 Å². The summed E-state index contributed by atoms with van der Waals surface area (Å²) in [5, 5.41) is 6.28. The molecule has 0 saturated carbocycles. The predicted molar refractivity (Wildman–Crippen MR) is 108 cm³/mol. The molecule has 1 aliphatic rings. The van der Waals surface area contributed by atoms with Crippen molar-refractivity contribution in [2.45, 2.75) is 12.6 Å². The molecule has 1 atom stereocenters.